The van der Waals surface area contributed by atoms with Crippen LogP contribution in [0.5, 0.6) is 0 Å². The van der Waals surface area contributed by atoms with Crippen LogP contribution in [0, 0.1) is 13.8 Å². The molecular weight excluding hydrogens is 490 g/mol. The van der Waals surface area contributed by atoms with Crippen molar-refractivity contribution >= 4 is 17.9 Å². The first-order valence-corrected chi connectivity index (χ1v) is 14.1. The van der Waals surface area contributed by atoms with Crippen molar-refractivity contribution in [1.29, 1.82) is 0 Å². The molecule has 3 amide bonds. The van der Waals surface area contributed by atoms with Crippen LogP contribution in [-0.4, -0.2) is 47.0 Å². The molecule has 0 fully saturated rings. The van der Waals surface area contributed by atoms with E-state index in [-0.39, 0.29) is 24.3 Å². The van der Waals surface area contributed by atoms with Gasteiger partial charge in [0.1, 0.15) is 17.7 Å². The third-order valence-corrected chi connectivity index (χ3v) is 6.89. The lowest BCUT2D eigenvalue weighted by Crippen LogP contribution is -2.56. The zero-order valence-electron chi connectivity index (χ0n) is 25.0. The van der Waals surface area contributed by atoms with Gasteiger partial charge in [0, 0.05) is 19.0 Å². The Kier molecular flexibility index (Phi) is 12.0. The highest BCUT2D eigenvalue weighted by Gasteiger charge is 2.39. The van der Waals surface area contributed by atoms with E-state index >= 15 is 0 Å². The Morgan fingerprint density at radius 1 is 0.974 bits per heavy atom. The lowest BCUT2D eigenvalue weighted by molar-refractivity contribution is -0.145. The second-order valence-corrected chi connectivity index (χ2v) is 11.2. The summed E-state index contributed by atoms with van der Waals surface area (Å²) in [5, 5.41) is 5.88. The van der Waals surface area contributed by atoms with E-state index in [0.29, 0.717) is 13.0 Å². The van der Waals surface area contributed by atoms with Crippen LogP contribution < -0.4 is 10.6 Å². The van der Waals surface area contributed by atoms with E-state index in [1.54, 1.807) is 25.7 Å². The highest BCUT2D eigenvalue weighted by atomic mass is 16.6. The summed E-state index contributed by atoms with van der Waals surface area (Å²) < 4.78 is 5.52. The molecule has 2 N–H and O–H groups in total. The molecule has 0 radical (unpaired) electrons. The van der Waals surface area contributed by atoms with Gasteiger partial charge in [0.25, 0.3) is 0 Å². The molecule has 0 spiro atoms. The Bertz CT molecular complexity index is 1090. The molecule has 0 heterocycles. The monoisotopic (exact) mass is 537 g/mol. The lowest BCUT2D eigenvalue weighted by Gasteiger charge is -2.39. The number of nitrogens with zero attached hydrogens (tertiary/aromatic N) is 1. The van der Waals surface area contributed by atoms with E-state index in [0.717, 1.165) is 35.1 Å². The number of unbranched alkanes of at least 4 members (excludes halogenated alkanes) is 1. The molecule has 2 aromatic rings. The molecule has 39 heavy (non-hydrogen) atoms. The van der Waals surface area contributed by atoms with Gasteiger partial charge in [0.05, 0.1) is 0 Å². The van der Waals surface area contributed by atoms with Gasteiger partial charge in [-0.1, -0.05) is 68.8 Å². The molecular formula is C32H47N3O4. The van der Waals surface area contributed by atoms with Gasteiger partial charge in [-0.25, -0.2) is 4.79 Å². The predicted molar refractivity (Wildman–Crippen MR) is 156 cm³/mol. The molecule has 2 aromatic carbocycles. The molecule has 0 aliphatic carbocycles. The standard InChI is InChI=1S/C32H47N3O4/c1-9-11-20-33-29(36)28(26-19-15-16-22(3)24(26)5)35(23(4)10-2)30(37)27(21-25-17-13-12-14-18-25)34-31(38)39-32(6,7)8/h12-19,23,27-28H,9-11,20-21H2,1-8H3,(H,33,36)(H,34,38). The summed E-state index contributed by atoms with van der Waals surface area (Å²) in [7, 11) is 0. The minimum atomic E-state index is -0.924. The number of rotatable bonds is 12. The number of carbonyl (C=O) groups excluding carboxylic acids is 3. The molecule has 3 unspecified atom stereocenters. The van der Waals surface area contributed by atoms with Crippen LogP contribution in [0.25, 0.3) is 0 Å². The largest absolute Gasteiger partial charge is 0.444 e. The first-order valence-electron chi connectivity index (χ1n) is 14.1. The van der Waals surface area contributed by atoms with Gasteiger partial charge in [-0.15, -0.1) is 0 Å². The van der Waals surface area contributed by atoms with E-state index in [4.69, 9.17) is 4.74 Å². The fraction of sp³-hybridized carbons (Fsp3) is 0.531. The zero-order chi connectivity index (χ0) is 29.2. The molecule has 0 aliphatic rings. The average Bonchev–Trinajstić information content (AvgIpc) is 2.87. The number of benzene rings is 2. The van der Waals surface area contributed by atoms with Crippen LogP contribution in [0.3, 0.4) is 0 Å². The number of carbonyl (C=O) groups is 3. The van der Waals surface area contributed by atoms with Gasteiger partial charge in [0.15, 0.2) is 0 Å². The van der Waals surface area contributed by atoms with Crippen LogP contribution in [0.2, 0.25) is 0 Å². The summed E-state index contributed by atoms with van der Waals surface area (Å²) in [5.41, 5.74) is 2.97. The smallest absolute Gasteiger partial charge is 0.408 e. The Labute approximate surface area is 234 Å². The third kappa shape index (κ3) is 9.41. The van der Waals surface area contributed by atoms with Crippen LogP contribution in [0.1, 0.15) is 89.1 Å². The third-order valence-electron chi connectivity index (χ3n) is 6.89. The molecule has 0 bridgehead atoms. The zero-order valence-corrected chi connectivity index (χ0v) is 25.0. The average molecular weight is 538 g/mol. The van der Waals surface area contributed by atoms with Crippen molar-refractivity contribution in [3.63, 3.8) is 0 Å². The van der Waals surface area contributed by atoms with E-state index in [2.05, 4.69) is 17.6 Å². The van der Waals surface area contributed by atoms with Gasteiger partial charge in [-0.05, 0) is 76.6 Å². The fourth-order valence-electron chi connectivity index (χ4n) is 4.45. The number of ether oxygens (including phenoxy) is 1. The van der Waals surface area contributed by atoms with Crippen molar-refractivity contribution in [3.05, 3.63) is 70.8 Å². The molecule has 7 heteroatoms. The van der Waals surface area contributed by atoms with Crippen molar-refractivity contribution in [2.45, 2.75) is 105 Å². The number of hydrogen-bond acceptors (Lipinski definition) is 4. The topological polar surface area (TPSA) is 87.7 Å². The number of nitrogens with one attached hydrogen (secondary N) is 2. The summed E-state index contributed by atoms with van der Waals surface area (Å²) in [6.07, 6.45) is 2.03. The summed E-state index contributed by atoms with van der Waals surface area (Å²) in [5.74, 6) is -0.544. The highest BCUT2D eigenvalue weighted by molar-refractivity contribution is 5.92. The van der Waals surface area contributed by atoms with E-state index in [1.807, 2.05) is 76.2 Å². The molecule has 214 valence electrons. The molecule has 0 saturated carbocycles. The maximum Gasteiger partial charge on any atom is 0.408 e. The lowest BCUT2D eigenvalue weighted by atomic mass is 9.93. The molecule has 0 aliphatic heterocycles. The predicted octanol–water partition coefficient (Wildman–Crippen LogP) is 6.02. The molecule has 3 atom stereocenters. The van der Waals surface area contributed by atoms with Crippen molar-refractivity contribution < 1.29 is 19.1 Å². The van der Waals surface area contributed by atoms with Crippen LogP contribution in [0.15, 0.2) is 48.5 Å². The summed E-state index contributed by atoms with van der Waals surface area (Å²) >= 11 is 0. The molecule has 0 saturated heterocycles. The number of alkyl carbamates (subject to hydrolysis) is 1. The second-order valence-electron chi connectivity index (χ2n) is 11.2. The second kappa shape index (κ2) is 14.7. The maximum atomic E-state index is 14.5. The van der Waals surface area contributed by atoms with Crippen LogP contribution in [0.4, 0.5) is 4.79 Å². The SMILES string of the molecule is CCCCNC(=O)C(c1cccc(C)c1C)N(C(=O)C(Cc1ccccc1)NC(=O)OC(C)(C)C)C(C)CC. The van der Waals surface area contributed by atoms with Gasteiger partial charge in [0.2, 0.25) is 11.8 Å². The Morgan fingerprint density at radius 2 is 1.64 bits per heavy atom. The van der Waals surface area contributed by atoms with Gasteiger partial charge in [-0.2, -0.15) is 0 Å². The van der Waals surface area contributed by atoms with Gasteiger partial charge < -0.3 is 20.3 Å². The molecule has 7 nitrogen and oxygen atoms in total. The Hall–Kier alpha value is -3.35. The normalized spacial score (nSPS) is 13.6. The van der Waals surface area contributed by atoms with Crippen molar-refractivity contribution in [2.24, 2.45) is 0 Å². The van der Waals surface area contributed by atoms with Gasteiger partial charge >= 0.3 is 6.09 Å². The van der Waals surface area contributed by atoms with E-state index in [9.17, 15) is 14.4 Å². The van der Waals surface area contributed by atoms with E-state index in [1.165, 1.54) is 0 Å². The summed E-state index contributed by atoms with van der Waals surface area (Å²) in [4.78, 5) is 42.8. The summed E-state index contributed by atoms with van der Waals surface area (Å²) in [6.45, 7) is 15.9. The number of amides is 3. The van der Waals surface area contributed by atoms with Crippen molar-refractivity contribution in [2.75, 3.05) is 6.54 Å². The molecule has 2 rings (SSSR count). The highest BCUT2D eigenvalue weighted by Crippen LogP contribution is 2.30. The fourth-order valence-corrected chi connectivity index (χ4v) is 4.45. The minimum absolute atomic E-state index is 0.221. The Balaban J connectivity index is 2.60. The maximum absolute atomic E-state index is 14.5. The van der Waals surface area contributed by atoms with E-state index < -0.39 is 23.8 Å². The van der Waals surface area contributed by atoms with Gasteiger partial charge in [-0.3, -0.25) is 9.59 Å². The Morgan fingerprint density at radius 3 is 2.23 bits per heavy atom. The number of aryl methyl sites for hydroxylation is 1. The van der Waals surface area contributed by atoms with Crippen LogP contribution in [-0.2, 0) is 20.7 Å². The quantitative estimate of drug-likeness (QED) is 0.324. The van der Waals surface area contributed by atoms with Crippen LogP contribution >= 0.6 is 0 Å². The molecule has 0 aromatic heterocycles. The number of hydrogen-bond donors (Lipinski definition) is 2. The van der Waals surface area contributed by atoms with Crippen molar-refractivity contribution in [3.8, 4) is 0 Å². The first kappa shape index (κ1) is 31.9. The first-order chi connectivity index (χ1) is 18.4. The summed E-state index contributed by atoms with van der Waals surface area (Å²) in [6, 6.07) is 13.4. The minimum Gasteiger partial charge on any atom is -0.444 e. The van der Waals surface area contributed by atoms with Crippen molar-refractivity contribution in [1.82, 2.24) is 15.5 Å².